The van der Waals surface area contributed by atoms with Gasteiger partial charge in [0.15, 0.2) is 10.9 Å². The second kappa shape index (κ2) is 5.45. The summed E-state index contributed by atoms with van der Waals surface area (Å²) in [5, 5.41) is 1.35. The third kappa shape index (κ3) is 2.10. The molecular formula is C20H6Cl2O4S. The summed E-state index contributed by atoms with van der Waals surface area (Å²) >= 11 is 12.8. The highest BCUT2D eigenvalue weighted by molar-refractivity contribution is 7.25. The van der Waals surface area contributed by atoms with Crippen LogP contribution in [-0.4, -0.2) is 0 Å². The molecule has 0 radical (unpaired) electrons. The molecule has 1 heterocycles. The number of rotatable bonds is 0. The lowest BCUT2D eigenvalue weighted by Gasteiger charge is -1.99. The summed E-state index contributed by atoms with van der Waals surface area (Å²) in [6.07, 6.45) is 0. The molecule has 4 aromatic carbocycles. The number of hydrogen-bond donors (Lipinski definition) is 0. The van der Waals surface area contributed by atoms with E-state index in [2.05, 4.69) is 0 Å². The van der Waals surface area contributed by atoms with Crippen molar-refractivity contribution in [2.45, 2.75) is 0 Å². The number of fused-ring (bicyclic) bond motifs is 5. The highest BCUT2D eigenvalue weighted by atomic mass is 35.5. The number of hydrogen-bond acceptors (Lipinski definition) is 5. The Morgan fingerprint density at radius 1 is 0.556 bits per heavy atom. The second-order valence-electron chi connectivity index (χ2n) is 6.21. The summed E-state index contributed by atoms with van der Waals surface area (Å²) in [6, 6.07) is 8.82. The Balaban J connectivity index is 2.20. The van der Waals surface area contributed by atoms with E-state index in [4.69, 9.17) is 23.2 Å². The molecule has 0 bridgehead atoms. The third-order valence-electron chi connectivity index (χ3n) is 4.72. The Kier molecular flexibility index (Phi) is 3.35. The van der Waals surface area contributed by atoms with Crippen molar-refractivity contribution in [1.82, 2.24) is 0 Å². The van der Waals surface area contributed by atoms with Gasteiger partial charge in [-0.3, -0.25) is 19.2 Å². The third-order valence-corrected chi connectivity index (χ3v) is 6.37. The summed E-state index contributed by atoms with van der Waals surface area (Å²) in [5.74, 6) is 0. The van der Waals surface area contributed by atoms with E-state index in [1.54, 1.807) is 0 Å². The maximum Gasteiger partial charge on any atom is 0.204 e. The van der Waals surface area contributed by atoms with E-state index in [0.29, 0.717) is 10.0 Å². The van der Waals surface area contributed by atoms with Gasteiger partial charge in [0.05, 0.1) is 20.2 Å². The van der Waals surface area contributed by atoms with Gasteiger partial charge in [0.1, 0.15) is 0 Å². The van der Waals surface area contributed by atoms with Gasteiger partial charge in [-0.2, -0.15) is 0 Å². The first-order valence-electron chi connectivity index (χ1n) is 7.83. The normalized spacial score (nSPS) is 11.9. The van der Waals surface area contributed by atoms with Crippen molar-refractivity contribution in [3.63, 3.8) is 0 Å². The zero-order valence-electron chi connectivity index (χ0n) is 13.3. The second-order valence-corrected chi connectivity index (χ2v) is 8.10. The lowest BCUT2D eigenvalue weighted by atomic mass is 10.0. The topological polar surface area (TPSA) is 68.3 Å². The Morgan fingerprint density at radius 2 is 0.963 bits per heavy atom. The molecule has 4 nitrogen and oxygen atoms in total. The Labute approximate surface area is 163 Å². The largest absolute Gasteiger partial charge is 0.289 e. The average molecular weight is 413 g/mol. The van der Waals surface area contributed by atoms with Gasteiger partial charge in [-0.25, -0.2) is 0 Å². The van der Waals surface area contributed by atoms with Gasteiger partial charge in [0, 0.05) is 31.6 Å². The van der Waals surface area contributed by atoms with Crippen LogP contribution in [0.1, 0.15) is 0 Å². The van der Waals surface area contributed by atoms with Crippen LogP contribution in [0.3, 0.4) is 0 Å². The van der Waals surface area contributed by atoms with Crippen molar-refractivity contribution in [2.75, 3.05) is 0 Å². The van der Waals surface area contributed by atoms with Crippen LogP contribution in [0.25, 0.3) is 41.7 Å². The van der Waals surface area contributed by atoms with Gasteiger partial charge < -0.3 is 0 Å². The highest BCUT2D eigenvalue weighted by Gasteiger charge is 2.22. The van der Waals surface area contributed by atoms with Gasteiger partial charge in [0.25, 0.3) is 0 Å². The van der Waals surface area contributed by atoms with Crippen LogP contribution in [0.2, 0.25) is 10.0 Å². The molecule has 0 fully saturated rings. The smallest absolute Gasteiger partial charge is 0.204 e. The fraction of sp³-hybridized carbons (Fsp3) is 0. The van der Waals surface area contributed by atoms with Gasteiger partial charge in [-0.1, -0.05) is 23.2 Å². The summed E-state index contributed by atoms with van der Waals surface area (Å²) in [7, 11) is 0. The quantitative estimate of drug-likeness (QED) is 0.385. The molecule has 27 heavy (non-hydrogen) atoms. The van der Waals surface area contributed by atoms with Crippen molar-refractivity contribution in [3.8, 4) is 0 Å². The molecule has 0 aliphatic carbocycles. The fourth-order valence-electron chi connectivity index (χ4n) is 3.50. The van der Waals surface area contributed by atoms with Gasteiger partial charge in [-0.05, 0) is 36.4 Å². The Hall–Kier alpha value is -2.60. The first-order chi connectivity index (χ1) is 12.9. The maximum absolute atomic E-state index is 13.1. The molecule has 0 saturated carbocycles. The van der Waals surface area contributed by atoms with Crippen molar-refractivity contribution in [1.29, 1.82) is 0 Å². The minimum atomic E-state index is -0.474. The molecular weight excluding hydrogens is 407 g/mol. The monoisotopic (exact) mass is 412 g/mol. The van der Waals surface area contributed by atoms with Crippen LogP contribution in [0.4, 0.5) is 0 Å². The summed E-state index contributed by atoms with van der Waals surface area (Å²) < 4.78 is 0.209. The van der Waals surface area contributed by atoms with Crippen molar-refractivity contribution in [2.24, 2.45) is 0 Å². The predicted molar refractivity (Wildman–Crippen MR) is 112 cm³/mol. The Morgan fingerprint density at radius 3 is 1.52 bits per heavy atom. The first kappa shape index (κ1) is 16.6. The number of thiophene rings is 1. The van der Waals surface area contributed by atoms with Gasteiger partial charge in [0.2, 0.25) is 10.9 Å². The molecule has 130 valence electrons. The number of benzene rings is 4. The minimum Gasteiger partial charge on any atom is -0.289 e. The van der Waals surface area contributed by atoms with Gasteiger partial charge in [-0.15, -0.1) is 11.3 Å². The van der Waals surface area contributed by atoms with Crippen LogP contribution in [0.5, 0.6) is 0 Å². The van der Waals surface area contributed by atoms with Gasteiger partial charge >= 0.3 is 0 Å². The lowest BCUT2D eigenvalue weighted by Crippen LogP contribution is -2.15. The molecule has 0 unspecified atom stereocenters. The predicted octanol–water partition coefficient (Wildman–Crippen LogP) is 3.98. The van der Waals surface area contributed by atoms with Crippen molar-refractivity contribution in [3.05, 3.63) is 87.3 Å². The average Bonchev–Trinajstić information content (AvgIpc) is 3.05. The molecule has 0 atom stereocenters. The molecule has 0 spiro atoms. The lowest BCUT2D eigenvalue weighted by molar-refractivity contribution is 1.69. The van der Waals surface area contributed by atoms with E-state index in [1.165, 1.54) is 36.4 Å². The molecule has 1 aromatic heterocycles. The van der Waals surface area contributed by atoms with E-state index in [9.17, 15) is 19.2 Å². The molecule has 5 rings (SSSR count). The summed E-state index contributed by atoms with van der Waals surface area (Å²) in [6.45, 7) is 0. The standard InChI is InChI=1S/C20H6Cl2O4S/c21-7-2-4-10-11(5-7)16(24)14-13-15(23)9-3-1-8(22)6-12(9)18(26)20(13)27-19(14)17(10)25/h1-6H. The maximum atomic E-state index is 13.1. The van der Waals surface area contributed by atoms with Crippen LogP contribution in [-0.2, 0) is 0 Å². The molecule has 0 N–H and O–H groups in total. The molecule has 0 aliphatic heterocycles. The van der Waals surface area contributed by atoms with E-state index in [-0.39, 0.29) is 41.7 Å². The first-order valence-corrected chi connectivity index (χ1v) is 9.40. The zero-order chi connectivity index (χ0) is 19.0. The van der Waals surface area contributed by atoms with Crippen LogP contribution in [0.15, 0.2) is 55.6 Å². The highest BCUT2D eigenvalue weighted by Crippen LogP contribution is 2.29. The SMILES string of the molecule is O=c1c2cc(Cl)ccc2c(=O)c2c1sc1c(=O)c3ccc(Cl)cc3c(=O)c12. The zero-order valence-corrected chi connectivity index (χ0v) is 15.6. The van der Waals surface area contributed by atoms with Crippen LogP contribution < -0.4 is 21.7 Å². The van der Waals surface area contributed by atoms with E-state index >= 15 is 0 Å². The Bertz CT molecular complexity index is 1680. The van der Waals surface area contributed by atoms with E-state index < -0.39 is 21.7 Å². The van der Waals surface area contributed by atoms with E-state index in [0.717, 1.165) is 11.3 Å². The van der Waals surface area contributed by atoms with Crippen LogP contribution in [0, 0.1) is 0 Å². The van der Waals surface area contributed by atoms with E-state index in [1.807, 2.05) is 0 Å². The number of halogens is 2. The molecule has 5 aromatic rings. The fourth-order valence-corrected chi connectivity index (χ4v) is 5.05. The van der Waals surface area contributed by atoms with Crippen molar-refractivity contribution < 1.29 is 0 Å². The van der Waals surface area contributed by atoms with Crippen LogP contribution >= 0.6 is 34.5 Å². The minimum absolute atomic E-state index is 0.00111. The molecule has 7 heteroatoms. The van der Waals surface area contributed by atoms with Crippen molar-refractivity contribution >= 4 is 76.3 Å². The summed E-state index contributed by atoms with van der Waals surface area (Å²) in [4.78, 5) is 51.9. The molecule has 0 amide bonds. The molecule has 0 saturated heterocycles. The molecule has 0 aliphatic rings. The summed E-state index contributed by atoms with van der Waals surface area (Å²) in [5.41, 5.74) is -1.74.